The Hall–Kier alpha value is -2.29. The lowest BCUT2D eigenvalue weighted by Gasteiger charge is -2.09. The van der Waals surface area contributed by atoms with E-state index in [1.165, 1.54) is 29.6 Å². The molecule has 0 radical (unpaired) electrons. The van der Waals surface area contributed by atoms with Crippen LogP contribution in [-0.2, 0) is 0 Å². The fourth-order valence-electron chi connectivity index (χ4n) is 1.31. The van der Waals surface area contributed by atoms with Gasteiger partial charge in [0, 0.05) is 11.1 Å². The largest absolute Gasteiger partial charge is 0.573 e. The number of thiazole rings is 1. The molecule has 0 bridgehead atoms. The Morgan fingerprint density at radius 3 is 2.45 bits per heavy atom. The van der Waals surface area contributed by atoms with Gasteiger partial charge in [0.15, 0.2) is 5.13 Å². The molecule has 2 aromatic rings. The standard InChI is InChI=1S/C11H8F3N3O2S/c12-11(13,14)19-7-3-1-6(2-4-7)16-10-17-8(5-20-10)9(15)18/h1-5H,(H2,15,18)(H,16,17). The molecule has 0 aliphatic heterocycles. The summed E-state index contributed by atoms with van der Waals surface area (Å²) in [7, 11) is 0. The first-order valence-electron chi connectivity index (χ1n) is 5.22. The zero-order valence-corrected chi connectivity index (χ0v) is 10.6. The number of aromatic nitrogens is 1. The van der Waals surface area contributed by atoms with E-state index in [2.05, 4.69) is 15.0 Å². The zero-order valence-electron chi connectivity index (χ0n) is 9.77. The van der Waals surface area contributed by atoms with Gasteiger partial charge in [-0.2, -0.15) is 0 Å². The average Bonchev–Trinajstić information content (AvgIpc) is 2.78. The summed E-state index contributed by atoms with van der Waals surface area (Å²) in [5.74, 6) is -0.969. The molecule has 20 heavy (non-hydrogen) atoms. The van der Waals surface area contributed by atoms with Crippen molar-refractivity contribution in [3.8, 4) is 5.75 Å². The van der Waals surface area contributed by atoms with E-state index in [9.17, 15) is 18.0 Å². The molecule has 0 saturated carbocycles. The van der Waals surface area contributed by atoms with Gasteiger partial charge in [-0.1, -0.05) is 0 Å². The van der Waals surface area contributed by atoms with Crippen molar-refractivity contribution in [1.82, 2.24) is 4.98 Å². The molecule has 0 saturated heterocycles. The molecule has 0 aliphatic rings. The minimum atomic E-state index is -4.72. The fraction of sp³-hybridized carbons (Fsp3) is 0.0909. The molecular weight excluding hydrogens is 295 g/mol. The second-order valence-electron chi connectivity index (χ2n) is 3.60. The summed E-state index contributed by atoms with van der Waals surface area (Å²) in [6, 6.07) is 5.12. The van der Waals surface area contributed by atoms with Crippen LogP contribution >= 0.6 is 11.3 Å². The number of carbonyl (C=O) groups excluding carboxylic acids is 1. The Bertz CT molecular complexity index is 610. The molecule has 5 nitrogen and oxygen atoms in total. The van der Waals surface area contributed by atoms with E-state index in [1.807, 2.05) is 0 Å². The maximum absolute atomic E-state index is 12.0. The summed E-state index contributed by atoms with van der Waals surface area (Å²) in [6.07, 6.45) is -4.72. The van der Waals surface area contributed by atoms with E-state index >= 15 is 0 Å². The van der Waals surface area contributed by atoms with Crippen molar-refractivity contribution in [2.24, 2.45) is 5.73 Å². The Balaban J connectivity index is 2.04. The predicted octanol–water partition coefficient (Wildman–Crippen LogP) is 2.88. The number of carbonyl (C=O) groups is 1. The van der Waals surface area contributed by atoms with Crippen LogP contribution in [0.25, 0.3) is 0 Å². The van der Waals surface area contributed by atoms with Gasteiger partial charge in [-0.05, 0) is 24.3 Å². The minimum Gasteiger partial charge on any atom is -0.406 e. The van der Waals surface area contributed by atoms with Crippen LogP contribution in [0.15, 0.2) is 29.6 Å². The summed E-state index contributed by atoms with van der Waals surface area (Å²) in [5, 5.41) is 4.72. The van der Waals surface area contributed by atoms with Gasteiger partial charge in [-0.25, -0.2) is 4.98 Å². The highest BCUT2D eigenvalue weighted by atomic mass is 32.1. The predicted molar refractivity (Wildman–Crippen MR) is 67.0 cm³/mol. The second kappa shape index (κ2) is 5.37. The van der Waals surface area contributed by atoms with E-state index in [0.29, 0.717) is 10.8 Å². The summed E-state index contributed by atoms with van der Waals surface area (Å²) in [6.45, 7) is 0. The van der Waals surface area contributed by atoms with Gasteiger partial charge in [0.05, 0.1) is 0 Å². The second-order valence-corrected chi connectivity index (χ2v) is 4.46. The molecule has 3 N–H and O–H groups in total. The van der Waals surface area contributed by atoms with Crippen molar-refractivity contribution in [3.63, 3.8) is 0 Å². The highest BCUT2D eigenvalue weighted by molar-refractivity contribution is 7.14. The van der Waals surface area contributed by atoms with Crippen molar-refractivity contribution in [3.05, 3.63) is 35.3 Å². The average molecular weight is 303 g/mol. The van der Waals surface area contributed by atoms with Crippen LogP contribution < -0.4 is 15.8 Å². The normalized spacial score (nSPS) is 11.2. The topological polar surface area (TPSA) is 77.2 Å². The fourth-order valence-corrected chi connectivity index (χ4v) is 2.03. The molecule has 1 aromatic carbocycles. The number of ether oxygens (including phenoxy) is 1. The van der Waals surface area contributed by atoms with Gasteiger partial charge >= 0.3 is 6.36 Å². The van der Waals surface area contributed by atoms with Crippen LogP contribution in [0.5, 0.6) is 5.75 Å². The number of benzene rings is 1. The van der Waals surface area contributed by atoms with E-state index in [-0.39, 0.29) is 11.4 Å². The summed E-state index contributed by atoms with van der Waals surface area (Å²) < 4.78 is 39.7. The zero-order chi connectivity index (χ0) is 14.8. The van der Waals surface area contributed by atoms with Crippen molar-refractivity contribution in [1.29, 1.82) is 0 Å². The Labute approximate surface area is 115 Å². The third-order valence-corrected chi connectivity index (χ3v) is 2.85. The number of nitrogens with zero attached hydrogens (tertiary/aromatic N) is 1. The maximum Gasteiger partial charge on any atom is 0.573 e. The highest BCUT2D eigenvalue weighted by Crippen LogP contribution is 2.26. The molecule has 2 rings (SSSR count). The number of rotatable bonds is 4. The number of halogens is 3. The van der Waals surface area contributed by atoms with Crippen LogP contribution in [0.4, 0.5) is 24.0 Å². The summed E-state index contributed by atoms with van der Waals surface area (Å²) >= 11 is 1.15. The van der Waals surface area contributed by atoms with Crippen LogP contribution in [0.1, 0.15) is 10.5 Å². The van der Waals surface area contributed by atoms with Crippen molar-refractivity contribution in [2.75, 3.05) is 5.32 Å². The van der Waals surface area contributed by atoms with Crippen molar-refractivity contribution < 1.29 is 22.7 Å². The first-order valence-corrected chi connectivity index (χ1v) is 6.09. The molecule has 1 heterocycles. The Morgan fingerprint density at radius 1 is 1.30 bits per heavy atom. The quantitative estimate of drug-likeness (QED) is 0.910. The third-order valence-electron chi connectivity index (χ3n) is 2.10. The number of hydrogen-bond acceptors (Lipinski definition) is 5. The van der Waals surface area contributed by atoms with Crippen molar-refractivity contribution >= 4 is 28.1 Å². The van der Waals surface area contributed by atoms with Gasteiger partial charge < -0.3 is 15.8 Å². The van der Waals surface area contributed by atoms with Crippen LogP contribution in [-0.4, -0.2) is 17.3 Å². The molecule has 1 amide bonds. The molecule has 1 aromatic heterocycles. The minimum absolute atomic E-state index is 0.120. The Morgan fingerprint density at radius 2 is 1.95 bits per heavy atom. The van der Waals surface area contributed by atoms with Gasteiger partial charge in [0.25, 0.3) is 5.91 Å². The van der Waals surface area contributed by atoms with E-state index in [0.717, 1.165) is 11.3 Å². The number of amides is 1. The lowest BCUT2D eigenvalue weighted by Crippen LogP contribution is -2.16. The van der Waals surface area contributed by atoms with Gasteiger partial charge in [-0.15, -0.1) is 24.5 Å². The number of hydrogen-bond donors (Lipinski definition) is 2. The van der Waals surface area contributed by atoms with E-state index in [1.54, 1.807) is 0 Å². The lowest BCUT2D eigenvalue weighted by molar-refractivity contribution is -0.274. The molecule has 106 valence electrons. The first-order chi connectivity index (χ1) is 9.33. The van der Waals surface area contributed by atoms with Crippen LogP contribution in [0, 0.1) is 0 Å². The van der Waals surface area contributed by atoms with E-state index in [4.69, 9.17) is 5.73 Å². The molecule has 0 aliphatic carbocycles. The van der Waals surface area contributed by atoms with Gasteiger partial charge in [-0.3, -0.25) is 4.79 Å². The monoisotopic (exact) mass is 303 g/mol. The number of nitrogens with one attached hydrogen (secondary N) is 1. The summed E-state index contributed by atoms with van der Waals surface area (Å²) in [5.41, 5.74) is 5.68. The molecule has 0 atom stereocenters. The summed E-state index contributed by atoms with van der Waals surface area (Å²) in [4.78, 5) is 14.8. The van der Waals surface area contributed by atoms with E-state index < -0.39 is 12.3 Å². The van der Waals surface area contributed by atoms with Gasteiger partial charge in [0.1, 0.15) is 11.4 Å². The number of nitrogens with two attached hydrogens (primary N) is 1. The SMILES string of the molecule is NC(=O)c1csc(Nc2ccc(OC(F)(F)F)cc2)n1. The molecule has 0 spiro atoms. The lowest BCUT2D eigenvalue weighted by atomic mass is 10.3. The maximum atomic E-state index is 12.0. The number of alkyl halides is 3. The molecule has 0 unspecified atom stereocenters. The van der Waals surface area contributed by atoms with Crippen LogP contribution in [0.2, 0.25) is 0 Å². The Kier molecular flexibility index (Phi) is 3.79. The highest BCUT2D eigenvalue weighted by Gasteiger charge is 2.30. The smallest absolute Gasteiger partial charge is 0.406 e. The van der Waals surface area contributed by atoms with Gasteiger partial charge in [0.2, 0.25) is 0 Å². The van der Waals surface area contributed by atoms with Crippen LogP contribution in [0.3, 0.4) is 0 Å². The first kappa shape index (κ1) is 14.1. The van der Waals surface area contributed by atoms with Crippen molar-refractivity contribution in [2.45, 2.75) is 6.36 Å². The number of anilines is 2. The third kappa shape index (κ3) is 3.85. The molecule has 0 fully saturated rings. The number of primary amides is 1. The molecule has 9 heteroatoms. The molecular formula is C11H8F3N3O2S.